The molecule has 0 aliphatic rings. The molecule has 460 valence electrons. The van der Waals surface area contributed by atoms with Gasteiger partial charge in [0.15, 0.2) is 0 Å². The van der Waals surface area contributed by atoms with Gasteiger partial charge in [0.2, 0.25) is 0 Å². The molecular formula is C85H110N2. The molecule has 8 rings (SSSR count). The first kappa shape index (κ1) is 66.3. The normalized spacial score (nSPS) is 12.4. The van der Waals surface area contributed by atoms with E-state index in [0.717, 1.165) is 12.8 Å². The van der Waals surface area contributed by atoms with Crippen molar-refractivity contribution in [3.8, 4) is 0 Å². The molecule has 2 heteroatoms. The van der Waals surface area contributed by atoms with Gasteiger partial charge in [0.1, 0.15) is 0 Å². The number of hydrogen-bond acceptors (Lipinski definition) is 2. The van der Waals surface area contributed by atoms with E-state index < -0.39 is 5.41 Å². The first-order chi connectivity index (χ1) is 41.2. The van der Waals surface area contributed by atoms with Gasteiger partial charge < -0.3 is 9.80 Å². The largest absolute Gasteiger partial charge is 0.309 e. The predicted octanol–water partition coefficient (Wildman–Crippen LogP) is 26.3. The van der Waals surface area contributed by atoms with Crippen LogP contribution in [0.25, 0.3) is 0 Å². The SMILES string of the molecule is CCCc1cc(C(C)C)cc(C(C)C)c1N(c1ccc(C(c2ccccc2)(c2ccccc2)c2ccc(N(c3c(C(C)C)cc(C(C)C)cc3C(C)C)c3c(C(C)C)cc(C(C)C)cc3C(C)C)cc2)cc1)c1c(C(C)C)cc(C(C)C)cc1C(C)C. The topological polar surface area (TPSA) is 6.48 Å². The van der Waals surface area contributed by atoms with Crippen LogP contribution in [-0.4, -0.2) is 0 Å². The molecule has 0 amide bonds. The van der Waals surface area contributed by atoms with Gasteiger partial charge in [0, 0.05) is 11.4 Å². The lowest BCUT2D eigenvalue weighted by atomic mass is 9.65. The van der Waals surface area contributed by atoms with Crippen LogP contribution in [0.4, 0.5) is 34.1 Å². The van der Waals surface area contributed by atoms with Gasteiger partial charge in [-0.1, -0.05) is 299 Å². The number of anilines is 6. The van der Waals surface area contributed by atoms with Crippen LogP contribution in [0.2, 0.25) is 0 Å². The fraction of sp³-hybridized carbons (Fsp3) is 0.435. The van der Waals surface area contributed by atoms with Gasteiger partial charge in [0.05, 0.1) is 28.2 Å². The summed E-state index contributed by atoms with van der Waals surface area (Å²) < 4.78 is 0. The lowest BCUT2D eigenvalue weighted by Gasteiger charge is -2.39. The van der Waals surface area contributed by atoms with E-state index in [-0.39, 0.29) is 0 Å². The fourth-order valence-corrected chi connectivity index (χ4v) is 13.6. The van der Waals surface area contributed by atoms with Crippen LogP contribution in [0.3, 0.4) is 0 Å². The summed E-state index contributed by atoms with van der Waals surface area (Å²) in [4.78, 5) is 5.45. The monoisotopic (exact) mass is 1160 g/mol. The van der Waals surface area contributed by atoms with Crippen molar-refractivity contribution < 1.29 is 0 Å². The third-order valence-corrected chi connectivity index (χ3v) is 18.8. The minimum atomic E-state index is -0.689. The third-order valence-electron chi connectivity index (χ3n) is 18.8. The number of rotatable bonds is 23. The predicted molar refractivity (Wildman–Crippen MR) is 383 cm³/mol. The Morgan fingerprint density at radius 1 is 0.264 bits per heavy atom. The summed E-state index contributed by atoms with van der Waals surface area (Å²) in [6.45, 7) is 54.7. The summed E-state index contributed by atoms with van der Waals surface area (Å²) in [6, 6.07) is 62.8. The van der Waals surface area contributed by atoms with Gasteiger partial charge in [-0.3, -0.25) is 0 Å². The van der Waals surface area contributed by atoms with E-state index in [1.54, 1.807) is 0 Å². The van der Waals surface area contributed by atoms with E-state index in [0.29, 0.717) is 65.1 Å². The Morgan fingerprint density at radius 2 is 0.494 bits per heavy atom. The summed E-state index contributed by atoms with van der Waals surface area (Å²) in [7, 11) is 0. The van der Waals surface area contributed by atoms with E-state index in [4.69, 9.17) is 0 Å². The maximum absolute atomic E-state index is 2.73. The van der Waals surface area contributed by atoms with Crippen molar-refractivity contribution in [3.05, 3.63) is 247 Å². The Balaban J connectivity index is 1.48. The van der Waals surface area contributed by atoms with Gasteiger partial charge >= 0.3 is 0 Å². The Kier molecular flexibility index (Phi) is 21.2. The highest BCUT2D eigenvalue weighted by molar-refractivity contribution is 5.88. The van der Waals surface area contributed by atoms with Crippen molar-refractivity contribution >= 4 is 34.1 Å². The number of aryl methyl sites for hydroxylation is 1. The van der Waals surface area contributed by atoms with Gasteiger partial charge in [-0.05, 0) is 185 Å². The van der Waals surface area contributed by atoms with Crippen LogP contribution >= 0.6 is 0 Å². The Bertz CT molecular complexity index is 3360. The summed E-state index contributed by atoms with van der Waals surface area (Å²) in [6.07, 6.45) is 2.07. The zero-order valence-corrected chi connectivity index (χ0v) is 58.2. The summed E-state index contributed by atoms with van der Waals surface area (Å²) in [5.41, 5.74) is 28.9. The Labute approximate surface area is 530 Å². The van der Waals surface area contributed by atoms with Gasteiger partial charge in [0.25, 0.3) is 0 Å². The second kappa shape index (κ2) is 27.8. The standard InChI is InChI=1S/C85H110N2/c1-24-31-63-44-64(52(2)3)45-74(56(10)11)81(63)86(82-75(57(12)13)46-65(53(4)5)47-76(82)58(14)15)72-40-36-70(37-41-72)85(68-32-27-25-28-33-68,69-34-29-26-30-35-69)71-38-42-73(43-39-71)87(83-77(59(16)17)48-66(54(6)7)49-78(83)60(18)19)84-79(61(20)21)50-67(55(8)9)51-80(84)62(22)23/h25-30,32-62H,24,31H2,1-23H3. The molecule has 0 aromatic heterocycles. The molecule has 0 aliphatic carbocycles. The highest BCUT2D eigenvalue weighted by Gasteiger charge is 2.40. The fourth-order valence-electron chi connectivity index (χ4n) is 13.6. The summed E-state index contributed by atoms with van der Waals surface area (Å²) in [5.74, 6) is 3.73. The average molecular weight is 1160 g/mol. The lowest BCUT2D eigenvalue weighted by Crippen LogP contribution is -2.31. The molecule has 87 heavy (non-hydrogen) atoms. The Hall–Kier alpha value is -6.64. The van der Waals surface area contributed by atoms with Crippen LogP contribution in [0.15, 0.2) is 158 Å². The summed E-state index contributed by atoms with van der Waals surface area (Å²) >= 11 is 0. The molecule has 0 N–H and O–H groups in total. The molecular weight excluding hydrogens is 1050 g/mol. The average Bonchev–Trinajstić information content (AvgIpc) is 0.776. The lowest BCUT2D eigenvalue weighted by molar-refractivity contribution is 0.745. The Morgan fingerprint density at radius 3 is 0.736 bits per heavy atom. The van der Waals surface area contributed by atoms with Gasteiger partial charge in [-0.15, -0.1) is 0 Å². The van der Waals surface area contributed by atoms with Crippen molar-refractivity contribution in [2.75, 3.05) is 9.80 Å². The maximum atomic E-state index is 2.73. The highest BCUT2D eigenvalue weighted by Crippen LogP contribution is 2.54. The molecule has 0 heterocycles. The van der Waals surface area contributed by atoms with Crippen molar-refractivity contribution in [1.82, 2.24) is 0 Å². The zero-order chi connectivity index (χ0) is 63.5. The molecule has 0 atom stereocenters. The van der Waals surface area contributed by atoms with Crippen LogP contribution in [-0.2, 0) is 11.8 Å². The van der Waals surface area contributed by atoms with E-state index in [2.05, 4.69) is 327 Å². The first-order valence-corrected chi connectivity index (χ1v) is 33.9. The quantitative estimate of drug-likeness (QED) is 0.0589. The summed E-state index contributed by atoms with van der Waals surface area (Å²) in [5, 5.41) is 0. The molecule has 0 fully saturated rings. The van der Waals surface area contributed by atoms with Crippen LogP contribution in [0.5, 0.6) is 0 Å². The molecule has 2 nitrogen and oxygen atoms in total. The van der Waals surface area contributed by atoms with Crippen LogP contribution in [0, 0.1) is 0 Å². The third kappa shape index (κ3) is 13.4. The molecule has 8 aromatic carbocycles. The number of benzene rings is 8. The van der Waals surface area contributed by atoms with Crippen molar-refractivity contribution in [1.29, 1.82) is 0 Å². The second-order valence-electron chi connectivity index (χ2n) is 29.0. The van der Waals surface area contributed by atoms with Crippen LogP contribution < -0.4 is 9.80 Å². The molecule has 8 aromatic rings. The maximum Gasteiger partial charge on any atom is 0.0701 e. The van der Waals surface area contributed by atoms with E-state index in [1.807, 2.05) is 0 Å². The zero-order valence-electron chi connectivity index (χ0n) is 58.2. The molecule has 0 aliphatic heterocycles. The minimum absolute atomic E-state index is 0.295. The smallest absolute Gasteiger partial charge is 0.0701 e. The first-order valence-electron chi connectivity index (χ1n) is 33.9. The van der Waals surface area contributed by atoms with Crippen molar-refractivity contribution in [2.45, 2.75) is 243 Å². The van der Waals surface area contributed by atoms with Crippen molar-refractivity contribution in [3.63, 3.8) is 0 Å². The number of hydrogen-bond donors (Lipinski definition) is 0. The minimum Gasteiger partial charge on any atom is -0.309 e. The molecule has 0 spiro atoms. The molecule has 0 bridgehead atoms. The highest BCUT2D eigenvalue weighted by atomic mass is 15.2. The van der Waals surface area contributed by atoms with Crippen LogP contribution in [0.1, 0.15) is 320 Å². The molecule has 0 saturated heterocycles. The van der Waals surface area contributed by atoms with E-state index in [1.165, 1.54) is 123 Å². The van der Waals surface area contributed by atoms with Gasteiger partial charge in [-0.25, -0.2) is 0 Å². The number of nitrogens with zero attached hydrogens (tertiary/aromatic N) is 2. The van der Waals surface area contributed by atoms with Crippen molar-refractivity contribution in [2.24, 2.45) is 0 Å². The molecule has 0 unspecified atom stereocenters. The molecule has 0 radical (unpaired) electrons. The van der Waals surface area contributed by atoms with E-state index in [9.17, 15) is 0 Å². The second-order valence-corrected chi connectivity index (χ2v) is 29.0. The molecule has 0 saturated carbocycles. The van der Waals surface area contributed by atoms with E-state index >= 15 is 0 Å². The van der Waals surface area contributed by atoms with Gasteiger partial charge in [-0.2, -0.15) is 0 Å².